The maximum Gasteiger partial charge on any atom is 0.119 e. The molecule has 0 aliphatic rings. The van der Waals surface area contributed by atoms with Crippen molar-refractivity contribution >= 4 is 0 Å². The van der Waals surface area contributed by atoms with Crippen LogP contribution in [0.2, 0.25) is 0 Å². The standard InChI is InChI=1S/C12H15N3O/c1-2-9(7-10-8-13-15-14-10)11-5-3-4-6-12(11)16/h3-6,8-9,16H,2,7H2,1H3,(H,13,14,15). The van der Waals surface area contributed by atoms with Gasteiger partial charge in [-0.1, -0.05) is 25.1 Å². The minimum atomic E-state index is 0.284. The van der Waals surface area contributed by atoms with Gasteiger partial charge in [0.2, 0.25) is 0 Å². The largest absolute Gasteiger partial charge is 0.508 e. The highest BCUT2D eigenvalue weighted by Gasteiger charge is 2.14. The Kier molecular flexibility index (Phi) is 3.19. The lowest BCUT2D eigenvalue weighted by Crippen LogP contribution is -2.02. The average Bonchev–Trinajstić information content (AvgIpc) is 2.80. The number of rotatable bonds is 4. The van der Waals surface area contributed by atoms with Gasteiger partial charge in [0.1, 0.15) is 5.75 Å². The van der Waals surface area contributed by atoms with Crippen LogP contribution >= 0.6 is 0 Å². The maximum atomic E-state index is 9.80. The Morgan fingerprint density at radius 3 is 2.81 bits per heavy atom. The number of benzene rings is 1. The van der Waals surface area contributed by atoms with E-state index in [9.17, 15) is 5.11 Å². The molecule has 0 amide bonds. The molecule has 0 saturated heterocycles. The predicted molar refractivity (Wildman–Crippen MR) is 61.2 cm³/mol. The number of nitrogens with one attached hydrogen (secondary N) is 1. The molecule has 1 heterocycles. The van der Waals surface area contributed by atoms with Gasteiger partial charge in [-0.15, -0.1) is 0 Å². The Balaban J connectivity index is 2.20. The van der Waals surface area contributed by atoms with Gasteiger partial charge in [-0.2, -0.15) is 15.4 Å². The lowest BCUT2D eigenvalue weighted by atomic mass is 9.91. The summed E-state index contributed by atoms with van der Waals surface area (Å²) in [6.07, 6.45) is 3.48. The van der Waals surface area contributed by atoms with E-state index in [0.717, 1.165) is 24.1 Å². The molecule has 2 rings (SSSR count). The number of phenolic OH excluding ortho intramolecular Hbond substituents is 1. The molecule has 16 heavy (non-hydrogen) atoms. The van der Waals surface area contributed by atoms with Crippen LogP contribution in [0.25, 0.3) is 0 Å². The van der Waals surface area contributed by atoms with Crippen LogP contribution in [-0.2, 0) is 6.42 Å². The molecule has 1 atom stereocenters. The maximum absolute atomic E-state index is 9.80. The summed E-state index contributed by atoms with van der Waals surface area (Å²) in [5, 5.41) is 20.2. The fraction of sp³-hybridized carbons (Fsp3) is 0.333. The molecule has 0 spiro atoms. The van der Waals surface area contributed by atoms with Crippen molar-refractivity contribution < 1.29 is 5.11 Å². The van der Waals surface area contributed by atoms with Gasteiger partial charge in [-0.25, -0.2) is 0 Å². The highest BCUT2D eigenvalue weighted by Crippen LogP contribution is 2.29. The highest BCUT2D eigenvalue weighted by atomic mass is 16.3. The van der Waals surface area contributed by atoms with Gasteiger partial charge in [-0.05, 0) is 24.0 Å². The van der Waals surface area contributed by atoms with E-state index in [1.807, 2.05) is 18.2 Å². The van der Waals surface area contributed by atoms with E-state index in [2.05, 4.69) is 22.3 Å². The summed E-state index contributed by atoms with van der Waals surface area (Å²) in [6.45, 7) is 2.11. The molecule has 2 aromatic rings. The van der Waals surface area contributed by atoms with Gasteiger partial charge in [0.25, 0.3) is 0 Å². The third-order valence-electron chi connectivity index (χ3n) is 2.79. The number of aromatic nitrogens is 3. The Hall–Kier alpha value is -1.84. The Labute approximate surface area is 94.3 Å². The molecule has 0 radical (unpaired) electrons. The molecule has 0 saturated carbocycles. The molecule has 2 N–H and O–H groups in total. The van der Waals surface area contributed by atoms with Gasteiger partial charge >= 0.3 is 0 Å². The van der Waals surface area contributed by atoms with Crippen LogP contribution in [0.1, 0.15) is 30.5 Å². The molecule has 1 aromatic carbocycles. The van der Waals surface area contributed by atoms with E-state index in [0.29, 0.717) is 5.75 Å². The fourth-order valence-corrected chi connectivity index (χ4v) is 1.88. The Bertz CT molecular complexity index is 439. The summed E-state index contributed by atoms with van der Waals surface area (Å²) in [5.74, 6) is 0.643. The minimum absolute atomic E-state index is 0.284. The lowest BCUT2D eigenvalue weighted by Gasteiger charge is -2.14. The molecule has 4 heteroatoms. The number of H-pyrrole nitrogens is 1. The topological polar surface area (TPSA) is 61.8 Å². The molecule has 0 fully saturated rings. The van der Waals surface area contributed by atoms with E-state index in [1.165, 1.54) is 0 Å². The summed E-state index contributed by atoms with van der Waals surface area (Å²) in [7, 11) is 0. The Morgan fingerprint density at radius 1 is 1.38 bits per heavy atom. The summed E-state index contributed by atoms with van der Waals surface area (Å²) in [6, 6.07) is 7.46. The number of nitrogens with zero attached hydrogens (tertiary/aromatic N) is 2. The predicted octanol–water partition coefficient (Wildman–Crippen LogP) is 2.25. The van der Waals surface area contributed by atoms with Crippen LogP contribution in [0.4, 0.5) is 0 Å². The SMILES string of the molecule is CCC(Cc1cn[nH]n1)c1ccccc1O. The molecular formula is C12H15N3O. The second-order valence-corrected chi connectivity index (χ2v) is 3.83. The number of phenols is 1. The molecule has 1 aromatic heterocycles. The highest BCUT2D eigenvalue weighted by molar-refractivity contribution is 5.35. The van der Waals surface area contributed by atoms with Crippen molar-refractivity contribution in [2.75, 3.05) is 0 Å². The van der Waals surface area contributed by atoms with Crippen LogP contribution in [-0.4, -0.2) is 20.5 Å². The third-order valence-corrected chi connectivity index (χ3v) is 2.79. The molecule has 84 valence electrons. The van der Waals surface area contributed by atoms with Crippen LogP contribution in [0.5, 0.6) is 5.75 Å². The Morgan fingerprint density at radius 2 is 2.19 bits per heavy atom. The van der Waals surface area contributed by atoms with Crippen molar-refractivity contribution in [2.45, 2.75) is 25.7 Å². The van der Waals surface area contributed by atoms with E-state index < -0.39 is 0 Å². The second-order valence-electron chi connectivity index (χ2n) is 3.83. The van der Waals surface area contributed by atoms with Crippen LogP contribution in [0.15, 0.2) is 30.5 Å². The van der Waals surface area contributed by atoms with E-state index in [1.54, 1.807) is 12.3 Å². The smallest absolute Gasteiger partial charge is 0.119 e. The summed E-state index contributed by atoms with van der Waals surface area (Å²) >= 11 is 0. The van der Waals surface area contributed by atoms with Gasteiger partial charge in [-0.3, -0.25) is 0 Å². The van der Waals surface area contributed by atoms with Crippen molar-refractivity contribution in [2.24, 2.45) is 0 Å². The summed E-state index contributed by atoms with van der Waals surface area (Å²) in [5.41, 5.74) is 1.91. The van der Waals surface area contributed by atoms with Gasteiger partial charge in [0.15, 0.2) is 0 Å². The number of aromatic hydroxyl groups is 1. The van der Waals surface area contributed by atoms with Crippen molar-refractivity contribution in [1.82, 2.24) is 15.4 Å². The average molecular weight is 217 g/mol. The molecule has 1 unspecified atom stereocenters. The van der Waals surface area contributed by atoms with Gasteiger partial charge < -0.3 is 5.11 Å². The van der Waals surface area contributed by atoms with Crippen molar-refractivity contribution in [3.63, 3.8) is 0 Å². The number of para-hydroxylation sites is 1. The lowest BCUT2D eigenvalue weighted by molar-refractivity contribution is 0.458. The van der Waals surface area contributed by atoms with Crippen LogP contribution in [0.3, 0.4) is 0 Å². The second kappa shape index (κ2) is 4.79. The molecule has 0 bridgehead atoms. The minimum Gasteiger partial charge on any atom is -0.508 e. The van der Waals surface area contributed by atoms with Crippen molar-refractivity contribution in [1.29, 1.82) is 0 Å². The monoisotopic (exact) mass is 217 g/mol. The van der Waals surface area contributed by atoms with E-state index in [4.69, 9.17) is 0 Å². The molecule has 0 aliphatic heterocycles. The van der Waals surface area contributed by atoms with E-state index >= 15 is 0 Å². The van der Waals surface area contributed by atoms with Crippen molar-refractivity contribution in [3.05, 3.63) is 41.7 Å². The van der Waals surface area contributed by atoms with Gasteiger partial charge in [0, 0.05) is 6.42 Å². The third kappa shape index (κ3) is 2.21. The summed E-state index contributed by atoms with van der Waals surface area (Å²) < 4.78 is 0. The fourth-order valence-electron chi connectivity index (χ4n) is 1.88. The van der Waals surface area contributed by atoms with Crippen molar-refractivity contribution in [3.8, 4) is 5.75 Å². The first-order chi connectivity index (χ1) is 7.81. The molecule has 4 nitrogen and oxygen atoms in total. The summed E-state index contributed by atoms with van der Waals surface area (Å²) in [4.78, 5) is 0. The first-order valence-electron chi connectivity index (χ1n) is 5.43. The zero-order valence-electron chi connectivity index (χ0n) is 9.22. The number of aromatic amines is 1. The van der Waals surface area contributed by atoms with E-state index in [-0.39, 0.29) is 5.92 Å². The molecular weight excluding hydrogens is 202 g/mol. The first kappa shape index (κ1) is 10.7. The normalized spacial score (nSPS) is 12.6. The zero-order chi connectivity index (χ0) is 11.4. The van der Waals surface area contributed by atoms with Gasteiger partial charge in [0.05, 0.1) is 11.9 Å². The molecule has 0 aliphatic carbocycles. The first-order valence-corrected chi connectivity index (χ1v) is 5.43. The van der Waals surface area contributed by atoms with Crippen LogP contribution in [0, 0.1) is 0 Å². The quantitative estimate of drug-likeness (QED) is 0.825. The van der Waals surface area contributed by atoms with Crippen LogP contribution < -0.4 is 0 Å². The number of hydrogen-bond acceptors (Lipinski definition) is 3. The number of hydrogen-bond donors (Lipinski definition) is 2. The zero-order valence-corrected chi connectivity index (χ0v) is 9.22.